The normalized spacial score (nSPS) is 17.3. The van der Waals surface area contributed by atoms with Crippen LogP contribution in [0.4, 0.5) is 5.82 Å². The molecular weight excluding hydrogens is 226 g/mol. The molecule has 1 fully saturated rings. The monoisotopic (exact) mass is 241 g/mol. The van der Waals surface area contributed by atoms with E-state index in [1.54, 1.807) is 0 Å². The van der Waals surface area contributed by atoms with E-state index in [9.17, 15) is 0 Å². The molecule has 0 aliphatic carbocycles. The van der Waals surface area contributed by atoms with E-state index in [0.717, 1.165) is 49.7 Å². The largest absolute Gasteiger partial charge is 0.380 e. The van der Waals surface area contributed by atoms with Crippen LogP contribution in [0.25, 0.3) is 0 Å². The summed E-state index contributed by atoms with van der Waals surface area (Å²) in [6.45, 7) is 7.44. The summed E-state index contributed by atoms with van der Waals surface area (Å²) in [7, 11) is 0. The Bertz CT molecular complexity index is 376. The molecule has 0 amide bonds. The van der Waals surface area contributed by atoms with E-state index in [0.29, 0.717) is 5.15 Å². The van der Waals surface area contributed by atoms with Crippen molar-refractivity contribution in [3.8, 4) is 0 Å². The van der Waals surface area contributed by atoms with Crippen LogP contribution in [0.15, 0.2) is 0 Å². The van der Waals surface area contributed by atoms with Crippen LogP contribution in [0.5, 0.6) is 0 Å². The highest BCUT2D eigenvalue weighted by molar-refractivity contribution is 6.30. The maximum absolute atomic E-state index is 5.94. The second-order valence-electron chi connectivity index (χ2n) is 4.02. The maximum atomic E-state index is 5.94. The van der Waals surface area contributed by atoms with Crippen LogP contribution in [0.1, 0.15) is 17.5 Å². The highest BCUT2D eigenvalue weighted by atomic mass is 35.5. The minimum Gasteiger partial charge on any atom is -0.380 e. The Balaban J connectivity index is 2.28. The summed E-state index contributed by atoms with van der Waals surface area (Å²) in [5, 5.41) is 8.66. The van der Waals surface area contributed by atoms with Gasteiger partial charge in [-0.25, -0.2) is 0 Å². The molecular formula is C11H16ClN3O. The number of rotatable bonds is 1. The van der Waals surface area contributed by atoms with E-state index in [1.807, 2.05) is 13.8 Å². The molecule has 0 bridgehead atoms. The molecule has 2 heterocycles. The van der Waals surface area contributed by atoms with Gasteiger partial charge in [0.25, 0.3) is 0 Å². The summed E-state index contributed by atoms with van der Waals surface area (Å²) in [5.74, 6) is 0.937. The Morgan fingerprint density at radius 1 is 1.12 bits per heavy atom. The molecule has 1 aliphatic rings. The zero-order valence-electron chi connectivity index (χ0n) is 9.66. The van der Waals surface area contributed by atoms with E-state index in [4.69, 9.17) is 16.3 Å². The van der Waals surface area contributed by atoms with Gasteiger partial charge in [-0.3, -0.25) is 0 Å². The smallest absolute Gasteiger partial charge is 0.155 e. The van der Waals surface area contributed by atoms with Gasteiger partial charge >= 0.3 is 0 Å². The second-order valence-corrected chi connectivity index (χ2v) is 4.38. The molecule has 16 heavy (non-hydrogen) atoms. The van der Waals surface area contributed by atoms with Gasteiger partial charge < -0.3 is 9.64 Å². The van der Waals surface area contributed by atoms with E-state index in [-0.39, 0.29) is 0 Å². The summed E-state index contributed by atoms with van der Waals surface area (Å²) in [6, 6.07) is 0. The maximum Gasteiger partial charge on any atom is 0.155 e. The Labute approximate surface area is 101 Å². The van der Waals surface area contributed by atoms with E-state index < -0.39 is 0 Å². The minimum absolute atomic E-state index is 0.493. The number of anilines is 1. The molecule has 0 unspecified atom stereocenters. The summed E-state index contributed by atoms with van der Waals surface area (Å²) in [4.78, 5) is 2.22. The molecule has 88 valence electrons. The van der Waals surface area contributed by atoms with Crippen molar-refractivity contribution in [2.75, 3.05) is 31.2 Å². The number of nitrogens with zero attached hydrogens (tertiary/aromatic N) is 3. The summed E-state index contributed by atoms with van der Waals surface area (Å²) in [6.07, 6.45) is 1.03. The van der Waals surface area contributed by atoms with Crippen LogP contribution in [0, 0.1) is 13.8 Å². The van der Waals surface area contributed by atoms with E-state index in [2.05, 4.69) is 15.1 Å². The van der Waals surface area contributed by atoms with Crippen molar-refractivity contribution in [2.24, 2.45) is 0 Å². The molecule has 0 N–H and O–H groups in total. The van der Waals surface area contributed by atoms with Crippen molar-refractivity contribution in [1.29, 1.82) is 0 Å². The molecule has 0 saturated carbocycles. The first-order chi connectivity index (χ1) is 7.70. The van der Waals surface area contributed by atoms with Crippen LogP contribution in [-0.2, 0) is 4.74 Å². The Kier molecular flexibility index (Phi) is 3.61. The first-order valence-corrected chi connectivity index (χ1v) is 5.90. The third-order valence-corrected chi connectivity index (χ3v) is 3.32. The third kappa shape index (κ3) is 2.28. The van der Waals surface area contributed by atoms with Crippen LogP contribution in [0.2, 0.25) is 5.15 Å². The van der Waals surface area contributed by atoms with Crippen molar-refractivity contribution in [2.45, 2.75) is 20.3 Å². The summed E-state index contributed by atoms with van der Waals surface area (Å²) < 4.78 is 5.42. The average molecular weight is 242 g/mol. The van der Waals surface area contributed by atoms with Crippen LogP contribution >= 0.6 is 11.6 Å². The highest BCUT2D eigenvalue weighted by Gasteiger charge is 2.16. The predicted molar refractivity (Wildman–Crippen MR) is 64.2 cm³/mol. The lowest BCUT2D eigenvalue weighted by Crippen LogP contribution is -2.28. The number of halogens is 1. The standard InChI is InChI=1S/C11H16ClN3O/c1-8-9(2)11(14-13-10(8)12)15-4-3-6-16-7-5-15/h3-7H2,1-2H3. The fourth-order valence-electron chi connectivity index (χ4n) is 1.82. The van der Waals surface area contributed by atoms with Crippen LogP contribution in [-0.4, -0.2) is 36.5 Å². The number of hydrogen-bond donors (Lipinski definition) is 0. The average Bonchev–Trinajstić information content (AvgIpc) is 2.55. The van der Waals surface area contributed by atoms with Crippen molar-refractivity contribution < 1.29 is 4.74 Å². The molecule has 1 aliphatic heterocycles. The van der Waals surface area contributed by atoms with Gasteiger partial charge in [-0.1, -0.05) is 11.6 Å². The predicted octanol–water partition coefficient (Wildman–Crippen LogP) is 1.97. The van der Waals surface area contributed by atoms with Gasteiger partial charge in [0, 0.05) is 19.7 Å². The molecule has 1 aromatic heterocycles. The Hall–Kier alpha value is -0.870. The SMILES string of the molecule is Cc1c(Cl)nnc(N2CCCOCC2)c1C. The van der Waals surface area contributed by atoms with Gasteiger partial charge in [0.1, 0.15) is 0 Å². The van der Waals surface area contributed by atoms with Crippen molar-refractivity contribution in [1.82, 2.24) is 10.2 Å². The van der Waals surface area contributed by atoms with Gasteiger partial charge in [-0.05, 0) is 31.4 Å². The minimum atomic E-state index is 0.493. The third-order valence-electron chi connectivity index (χ3n) is 2.96. The second kappa shape index (κ2) is 4.97. The van der Waals surface area contributed by atoms with Gasteiger partial charge in [-0.2, -0.15) is 0 Å². The number of ether oxygens (including phenoxy) is 1. The Morgan fingerprint density at radius 3 is 2.75 bits per heavy atom. The Morgan fingerprint density at radius 2 is 1.94 bits per heavy atom. The molecule has 1 saturated heterocycles. The molecule has 5 heteroatoms. The lowest BCUT2D eigenvalue weighted by molar-refractivity contribution is 0.152. The first-order valence-electron chi connectivity index (χ1n) is 5.52. The topological polar surface area (TPSA) is 38.2 Å². The molecule has 4 nitrogen and oxygen atoms in total. The number of aromatic nitrogens is 2. The van der Waals surface area contributed by atoms with E-state index in [1.165, 1.54) is 0 Å². The van der Waals surface area contributed by atoms with Gasteiger partial charge in [0.05, 0.1) is 6.61 Å². The van der Waals surface area contributed by atoms with E-state index >= 15 is 0 Å². The van der Waals surface area contributed by atoms with Gasteiger partial charge in [0.15, 0.2) is 11.0 Å². The molecule has 0 aromatic carbocycles. The first kappa shape index (κ1) is 11.6. The van der Waals surface area contributed by atoms with Gasteiger partial charge in [-0.15, -0.1) is 10.2 Å². The fourth-order valence-corrected chi connectivity index (χ4v) is 2.00. The zero-order valence-corrected chi connectivity index (χ0v) is 10.4. The molecule has 0 atom stereocenters. The van der Waals surface area contributed by atoms with Crippen molar-refractivity contribution in [3.63, 3.8) is 0 Å². The van der Waals surface area contributed by atoms with Crippen molar-refractivity contribution >= 4 is 17.4 Å². The van der Waals surface area contributed by atoms with Crippen LogP contribution < -0.4 is 4.90 Å². The molecule has 0 spiro atoms. The van der Waals surface area contributed by atoms with Gasteiger partial charge in [0.2, 0.25) is 0 Å². The quantitative estimate of drug-likeness (QED) is 0.754. The fraction of sp³-hybridized carbons (Fsp3) is 0.636. The lowest BCUT2D eigenvalue weighted by Gasteiger charge is -2.22. The molecule has 1 aromatic rings. The molecule has 2 rings (SSSR count). The molecule has 0 radical (unpaired) electrons. The zero-order chi connectivity index (χ0) is 11.5. The summed E-state index contributed by atoms with van der Waals surface area (Å²) in [5.41, 5.74) is 2.12. The van der Waals surface area contributed by atoms with Crippen molar-refractivity contribution in [3.05, 3.63) is 16.3 Å². The lowest BCUT2D eigenvalue weighted by atomic mass is 10.2. The van der Waals surface area contributed by atoms with Crippen LogP contribution in [0.3, 0.4) is 0 Å². The number of hydrogen-bond acceptors (Lipinski definition) is 4. The highest BCUT2D eigenvalue weighted by Crippen LogP contribution is 2.24. The summed E-state index contributed by atoms with van der Waals surface area (Å²) >= 11 is 5.94.